The number of piperidine rings is 1. The number of hydrogen-bond acceptors (Lipinski definition) is 4. The van der Waals surface area contributed by atoms with E-state index in [1.54, 1.807) is 0 Å². The summed E-state index contributed by atoms with van der Waals surface area (Å²) in [7, 11) is 2.10. The number of imidazole rings is 1. The number of benzene rings is 1. The lowest BCUT2D eigenvalue weighted by Gasteiger charge is -2.31. The van der Waals surface area contributed by atoms with Gasteiger partial charge >= 0.3 is 0 Å². The molecule has 7 heteroatoms. The van der Waals surface area contributed by atoms with Gasteiger partial charge in [0.05, 0.1) is 23.3 Å². The summed E-state index contributed by atoms with van der Waals surface area (Å²) in [5, 5.41) is 4.58. The first kappa shape index (κ1) is 17.4. The first-order valence-corrected chi connectivity index (χ1v) is 10.1. The lowest BCUT2D eigenvalue weighted by Crippen LogP contribution is -2.39. The number of carbonyl (C=O) groups is 1. The molecule has 0 radical (unpaired) electrons. The smallest absolute Gasteiger partial charge is 0.274 e. The number of aryl methyl sites for hydroxylation is 1. The van der Waals surface area contributed by atoms with Gasteiger partial charge in [-0.15, -0.1) is 0 Å². The summed E-state index contributed by atoms with van der Waals surface area (Å²) in [5.74, 6) is 1.28. The Morgan fingerprint density at radius 3 is 3.00 bits per heavy atom. The largest absolute Gasteiger partial charge is 0.342 e. The Morgan fingerprint density at radius 1 is 1.25 bits per heavy atom. The van der Waals surface area contributed by atoms with Crippen molar-refractivity contribution < 1.29 is 4.79 Å². The molecule has 1 N–H and O–H groups in total. The number of para-hydroxylation sites is 1. The highest BCUT2D eigenvalue weighted by molar-refractivity contribution is 5.92. The maximum atomic E-state index is 13.1. The fraction of sp³-hybridized carbons (Fsp3) is 0.476. The van der Waals surface area contributed by atoms with Gasteiger partial charge in [0.2, 0.25) is 0 Å². The number of nitrogens with one attached hydrogen (secondary N) is 1. The second kappa shape index (κ2) is 6.74. The third kappa shape index (κ3) is 2.99. The van der Waals surface area contributed by atoms with Crippen molar-refractivity contribution in [1.82, 2.24) is 29.5 Å². The van der Waals surface area contributed by atoms with Crippen molar-refractivity contribution in [3.63, 3.8) is 0 Å². The summed E-state index contributed by atoms with van der Waals surface area (Å²) in [4.78, 5) is 25.6. The van der Waals surface area contributed by atoms with Gasteiger partial charge < -0.3 is 9.88 Å². The molecule has 2 aliphatic rings. The number of fused-ring (bicyclic) bond motifs is 2. The Balaban J connectivity index is 1.36. The summed E-state index contributed by atoms with van der Waals surface area (Å²) in [6.07, 6.45) is 2.04. The molecule has 0 bridgehead atoms. The summed E-state index contributed by atoms with van der Waals surface area (Å²) in [6, 6.07) is 8.17. The van der Waals surface area contributed by atoms with E-state index < -0.39 is 0 Å². The van der Waals surface area contributed by atoms with Crippen LogP contribution in [0.2, 0.25) is 0 Å². The van der Waals surface area contributed by atoms with Crippen LogP contribution in [0.5, 0.6) is 0 Å². The van der Waals surface area contributed by atoms with Crippen LogP contribution in [0.25, 0.3) is 11.0 Å². The van der Waals surface area contributed by atoms with Gasteiger partial charge in [0, 0.05) is 32.1 Å². The van der Waals surface area contributed by atoms with Crippen LogP contribution in [0, 0.1) is 6.92 Å². The molecule has 0 unspecified atom stereocenters. The van der Waals surface area contributed by atoms with Gasteiger partial charge in [-0.2, -0.15) is 5.10 Å². The second-order valence-corrected chi connectivity index (χ2v) is 8.17. The Bertz CT molecular complexity index is 1030. The zero-order chi connectivity index (χ0) is 19.3. The van der Waals surface area contributed by atoms with E-state index in [0.29, 0.717) is 12.2 Å². The Hall–Kier alpha value is -2.67. The first-order chi connectivity index (χ1) is 13.6. The molecule has 3 aromatic rings. The zero-order valence-electron chi connectivity index (χ0n) is 16.5. The third-order valence-corrected chi connectivity index (χ3v) is 6.04. The number of H-pyrrole nitrogens is 1. The standard InChI is InChI=1S/C21H26N6O/c1-14-5-3-7-17-19(14)23-20(22-17)15-6-4-8-26(12-15)21(28)18-11-16-13-25(2)9-10-27(16)24-18/h3,5,7,11,15H,4,6,8-10,12-13H2,1-2H3,(H,22,23)/t15-/m1/s1. The molecule has 1 saturated heterocycles. The number of carbonyl (C=O) groups excluding carboxylic acids is 1. The number of nitrogens with zero attached hydrogens (tertiary/aromatic N) is 5. The maximum Gasteiger partial charge on any atom is 0.274 e. The number of likely N-dealkylation sites (N-methyl/N-ethyl adjacent to an activating group) is 1. The number of amides is 1. The molecule has 1 amide bonds. The van der Waals surface area contributed by atoms with Crippen LogP contribution in [-0.2, 0) is 13.1 Å². The molecule has 2 aromatic heterocycles. The minimum absolute atomic E-state index is 0.0431. The van der Waals surface area contributed by atoms with Crippen molar-refractivity contribution in [1.29, 1.82) is 0 Å². The number of aromatic amines is 1. The maximum absolute atomic E-state index is 13.1. The van der Waals surface area contributed by atoms with Crippen molar-refractivity contribution in [3.8, 4) is 0 Å². The third-order valence-electron chi connectivity index (χ3n) is 6.04. The van der Waals surface area contributed by atoms with E-state index in [9.17, 15) is 4.79 Å². The van der Waals surface area contributed by atoms with E-state index in [1.807, 2.05) is 21.7 Å². The van der Waals surface area contributed by atoms with E-state index >= 15 is 0 Å². The highest BCUT2D eigenvalue weighted by Gasteiger charge is 2.29. The van der Waals surface area contributed by atoms with E-state index in [-0.39, 0.29) is 11.8 Å². The minimum Gasteiger partial charge on any atom is -0.342 e. The average Bonchev–Trinajstić information content (AvgIpc) is 3.32. The molecule has 4 heterocycles. The molecule has 0 spiro atoms. The van der Waals surface area contributed by atoms with Crippen molar-refractivity contribution in [3.05, 3.63) is 47.0 Å². The highest BCUT2D eigenvalue weighted by Crippen LogP contribution is 2.28. The zero-order valence-corrected chi connectivity index (χ0v) is 16.5. The summed E-state index contributed by atoms with van der Waals surface area (Å²) in [5.41, 5.74) is 4.98. The van der Waals surface area contributed by atoms with Crippen molar-refractivity contribution in [2.75, 3.05) is 26.7 Å². The molecular weight excluding hydrogens is 352 g/mol. The molecule has 2 aliphatic heterocycles. The topological polar surface area (TPSA) is 70.1 Å². The molecule has 1 fully saturated rings. The van der Waals surface area contributed by atoms with Gasteiger partial charge in [-0.05, 0) is 44.5 Å². The molecule has 7 nitrogen and oxygen atoms in total. The van der Waals surface area contributed by atoms with E-state index in [1.165, 1.54) is 5.56 Å². The van der Waals surface area contributed by atoms with E-state index in [2.05, 4.69) is 41.1 Å². The van der Waals surface area contributed by atoms with Crippen LogP contribution in [0.3, 0.4) is 0 Å². The van der Waals surface area contributed by atoms with Gasteiger partial charge in [0.1, 0.15) is 5.82 Å². The predicted molar refractivity (Wildman–Crippen MR) is 107 cm³/mol. The van der Waals surface area contributed by atoms with Crippen molar-refractivity contribution in [2.45, 2.75) is 38.8 Å². The number of hydrogen-bond donors (Lipinski definition) is 1. The molecule has 28 heavy (non-hydrogen) atoms. The van der Waals surface area contributed by atoms with E-state index in [4.69, 9.17) is 4.98 Å². The fourth-order valence-corrected chi connectivity index (χ4v) is 4.44. The Kier molecular flexibility index (Phi) is 4.19. The van der Waals surface area contributed by atoms with Crippen LogP contribution in [0.15, 0.2) is 24.3 Å². The van der Waals surface area contributed by atoms with Crippen LogP contribution < -0.4 is 0 Å². The van der Waals surface area contributed by atoms with Gasteiger partial charge in [-0.25, -0.2) is 4.98 Å². The monoisotopic (exact) mass is 378 g/mol. The van der Waals surface area contributed by atoms with Crippen LogP contribution in [0.4, 0.5) is 0 Å². The fourth-order valence-electron chi connectivity index (χ4n) is 4.44. The van der Waals surface area contributed by atoms with Crippen LogP contribution >= 0.6 is 0 Å². The Labute approximate surface area is 164 Å². The lowest BCUT2D eigenvalue weighted by molar-refractivity contribution is 0.0698. The number of aromatic nitrogens is 4. The molecular formula is C21H26N6O. The minimum atomic E-state index is 0.0431. The average molecular weight is 378 g/mol. The van der Waals surface area contributed by atoms with Gasteiger partial charge in [-0.3, -0.25) is 14.4 Å². The predicted octanol–water partition coefficient (Wildman–Crippen LogP) is 2.53. The number of rotatable bonds is 2. The SMILES string of the molecule is Cc1cccc2[nH]c([C@@H]3CCCN(C(=O)c4cc5n(n4)CCN(C)C5)C3)nc12. The molecule has 0 aliphatic carbocycles. The van der Waals surface area contributed by atoms with Gasteiger partial charge in [0.15, 0.2) is 5.69 Å². The quantitative estimate of drug-likeness (QED) is 0.744. The van der Waals surface area contributed by atoms with E-state index in [0.717, 1.165) is 61.6 Å². The van der Waals surface area contributed by atoms with Crippen LogP contribution in [-0.4, -0.2) is 62.1 Å². The van der Waals surface area contributed by atoms with Crippen LogP contribution in [0.1, 0.15) is 46.3 Å². The summed E-state index contributed by atoms with van der Waals surface area (Å²) in [6.45, 7) is 6.24. The number of likely N-dealkylation sites (tertiary alicyclic amines) is 1. The molecule has 1 aromatic carbocycles. The van der Waals surface area contributed by atoms with Crippen molar-refractivity contribution in [2.24, 2.45) is 0 Å². The summed E-state index contributed by atoms with van der Waals surface area (Å²) >= 11 is 0. The highest BCUT2D eigenvalue weighted by atomic mass is 16.2. The molecule has 1 atom stereocenters. The summed E-state index contributed by atoms with van der Waals surface area (Å²) < 4.78 is 1.98. The van der Waals surface area contributed by atoms with Gasteiger partial charge in [0.25, 0.3) is 5.91 Å². The molecule has 5 rings (SSSR count). The molecule has 0 saturated carbocycles. The van der Waals surface area contributed by atoms with Crippen molar-refractivity contribution >= 4 is 16.9 Å². The Morgan fingerprint density at radius 2 is 2.14 bits per heavy atom. The second-order valence-electron chi connectivity index (χ2n) is 8.17. The molecule has 146 valence electrons. The van der Waals surface area contributed by atoms with Gasteiger partial charge in [-0.1, -0.05) is 12.1 Å². The first-order valence-electron chi connectivity index (χ1n) is 10.1. The lowest BCUT2D eigenvalue weighted by atomic mass is 9.97. The normalized spacial score (nSPS) is 20.5.